The molecule has 4 heteroatoms. The van der Waals surface area contributed by atoms with Crippen LogP contribution in [0.4, 0.5) is 5.69 Å². The van der Waals surface area contributed by atoms with Crippen molar-refractivity contribution in [1.82, 2.24) is 0 Å². The van der Waals surface area contributed by atoms with Gasteiger partial charge in [-0.15, -0.1) is 0 Å². The predicted molar refractivity (Wildman–Crippen MR) is 95.5 cm³/mol. The Labute approximate surface area is 142 Å². The molecule has 0 unspecified atom stereocenters. The Balaban J connectivity index is 1.79. The van der Waals surface area contributed by atoms with Crippen molar-refractivity contribution in [2.75, 3.05) is 11.9 Å². The van der Waals surface area contributed by atoms with Crippen molar-refractivity contribution in [1.29, 1.82) is 0 Å². The van der Waals surface area contributed by atoms with Crippen LogP contribution in [0.25, 0.3) is 0 Å². The summed E-state index contributed by atoms with van der Waals surface area (Å²) in [6.07, 6.45) is 1.08. The molecule has 0 atom stereocenters. The van der Waals surface area contributed by atoms with E-state index in [1.165, 1.54) is 5.56 Å². The number of ether oxygens (including phenoxy) is 1. The van der Waals surface area contributed by atoms with Crippen LogP contribution in [-0.4, -0.2) is 12.5 Å². The van der Waals surface area contributed by atoms with E-state index in [9.17, 15) is 4.79 Å². The van der Waals surface area contributed by atoms with Gasteiger partial charge in [-0.1, -0.05) is 29.8 Å². The highest BCUT2D eigenvalue weighted by Gasteiger charge is 2.06. The molecule has 0 radical (unpaired) electrons. The molecule has 0 spiro atoms. The average molecular weight is 332 g/mol. The number of hydrogen-bond acceptors (Lipinski definition) is 2. The highest BCUT2D eigenvalue weighted by atomic mass is 35.5. The molecule has 23 heavy (non-hydrogen) atoms. The van der Waals surface area contributed by atoms with Crippen molar-refractivity contribution in [3.05, 3.63) is 58.1 Å². The van der Waals surface area contributed by atoms with Crippen LogP contribution >= 0.6 is 11.6 Å². The lowest BCUT2D eigenvalue weighted by Gasteiger charge is -2.11. The van der Waals surface area contributed by atoms with Crippen LogP contribution in [0.15, 0.2) is 36.4 Å². The molecule has 122 valence electrons. The Morgan fingerprint density at radius 1 is 1.13 bits per heavy atom. The number of aryl methyl sites for hydroxylation is 2. The maximum atomic E-state index is 12.0. The largest absolute Gasteiger partial charge is 0.493 e. The fourth-order valence-corrected chi connectivity index (χ4v) is 2.41. The van der Waals surface area contributed by atoms with E-state index in [4.69, 9.17) is 16.3 Å². The molecule has 2 aromatic carbocycles. The Bertz CT molecular complexity index is 698. The summed E-state index contributed by atoms with van der Waals surface area (Å²) < 4.78 is 5.76. The standard InChI is InChI=1S/C19H22ClNO2/c1-13-6-4-7-18(15(13)3)23-11-5-8-19(22)21-17-12-16(20)10-9-14(17)2/h4,6-7,9-10,12H,5,8,11H2,1-3H3,(H,21,22). The number of anilines is 1. The van der Waals surface area contributed by atoms with Crippen LogP contribution in [0.5, 0.6) is 5.75 Å². The summed E-state index contributed by atoms with van der Waals surface area (Å²) in [6, 6.07) is 11.5. The molecular weight excluding hydrogens is 310 g/mol. The summed E-state index contributed by atoms with van der Waals surface area (Å²) in [5, 5.41) is 3.51. The van der Waals surface area contributed by atoms with E-state index >= 15 is 0 Å². The number of carbonyl (C=O) groups is 1. The first-order valence-electron chi connectivity index (χ1n) is 7.72. The molecule has 3 nitrogen and oxygen atoms in total. The van der Waals surface area contributed by atoms with Crippen LogP contribution in [0.3, 0.4) is 0 Å². The van der Waals surface area contributed by atoms with E-state index in [0.717, 1.165) is 22.6 Å². The highest BCUT2D eigenvalue weighted by Crippen LogP contribution is 2.22. The molecule has 0 fully saturated rings. The number of hydrogen-bond donors (Lipinski definition) is 1. The van der Waals surface area contributed by atoms with Gasteiger partial charge in [0.1, 0.15) is 5.75 Å². The molecule has 0 aliphatic rings. The van der Waals surface area contributed by atoms with E-state index in [1.807, 2.05) is 38.1 Å². The zero-order chi connectivity index (χ0) is 16.8. The Kier molecular flexibility index (Phi) is 6.05. The van der Waals surface area contributed by atoms with Gasteiger partial charge < -0.3 is 10.1 Å². The molecular formula is C19H22ClNO2. The van der Waals surface area contributed by atoms with E-state index in [0.29, 0.717) is 24.5 Å². The summed E-state index contributed by atoms with van der Waals surface area (Å²) in [4.78, 5) is 12.0. The maximum absolute atomic E-state index is 12.0. The van der Waals surface area contributed by atoms with Gasteiger partial charge in [0.2, 0.25) is 5.91 Å². The smallest absolute Gasteiger partial charge is 0.224 e. The molecule has 0 aliphatic heterocycles. The van der Waals surface area contributed by atoms with Crippen molar-refractivity contribution in [2.45, 2.75) is 33.6 Å². The Morgan fingerprint density at radius 3 is 2.70 bits per heavy atom. The normalized spacial score (nSPS) is 10.4. The first-order valence-corrected chi connectivity index (χ1v) is 8.10. The van der Waals surface area contributed by atoms with Crippen molar-refractivity contribution >= 4 is 23.2 Å². The lowest BCUT2D eigenvalue weighted by atomic mass is 10.1. The minimum atomic E-state index is -0.0278. The van der Waals surface area contributed by atoms with Crippen LogP contribution in [0.2, 0.25) is 5.02 Å². The second-order valence-corrected chi connectivity index (χ2v) is 6.09. The first-order chi connectivity index (χ1) is 11.0. The summed E-state index contributed by atoms with van der Waals surface area (Å²) in [5.74, 6) is 0.857. The van der Waals surface area contributed by atoms with Gasteiger partial charge in [-0.05, 0) is 62.1 Å². The summed E-state index contributed by atoms with van der Waals surface area (Å²) in [5.41, 5.74) is 4.11. The van der Waals surface area contributed by atoms with Gasteiger partial charge in [0, 0.05) is 17.1 Å². The van der Waals surface area contributed by atoms with Gasteiger partial charge in [-0.2, -0.15) is 0 Å². The van der Waals surface area contributed by atoms with E-state index in [-0.39, 0.29) is 5.91 Å². The van der Waals surface area contributed by atoms with E-state index < -0.39 is 0 Å². The van der Waals surface area contributed by atoms with Crippen molar-refractivity contribution < 1.29 is 9.53 Å². The number of benzene rings is 2. The van der Waals surface area contributed by atoms with Gasteiger partial charge in [0.05, 0.1) is 6.61 Å². The fraction of sp³-hybridized carbons (Fsp3) is 0.316. The van der Waals surface area contributed by atoms with E-state index in [2.05, 4.69) is 18.3 Å². The predicted octanol–water partition coefficient (Wildman–Crippen LogP) is 5.06. The van der Waals surface area contributed by atoms with Gasteiger partial charge in [-0.25, -0.2) is 0 Å². The maximum Gasteiger partial charge on any atom is 0.224 e. The van der Waals surface area contributed by atoms with Crippen LogP contribution in [0, 0.1) is 20.8 Å². The highest BCUT2D eigenvalue weighted by molar-refractivity contribution is 6.31. The van der Waals surface area contributed by atoms with Crippen molar-refractivity contribution in [3.8, 4) is 5.75 Å². The number of carbonyl (C=O) groups excluding carboxylic acids is 1. The lowest BCUT2D eigenvalue weighted by molar-refractivity contribution is -0.116. The third kappa shape index (κ3) is 5.00. The zero-order valence-corrected chi connectivity index (χ0v) is 14.5. The first kappa shape index (κ1) is 17.4. The molecule has 0 aromatic heterocycles. The fourth-order valence-electron chi connectivity index (χ4n) is 2.24. The monoisotopic (exact) mass is 331 g/mol. The van der Waals surface area contributed by atoms with Gasteiger partial charge in [-0.3, -0.25) is 4.79 Å². The van der Waals surface area contributed by atoms with Crippen LogP contribution in [-0.2, 0) is 4.79 Å². The number of rotatable bonds is 6. The second-order valence-electron chi connectivity index (χ2n) is 5.66. The minimum absolute atomic E-state index is 0.0278. The number of amides is 1. The van der Waals surface area contributed by atoms with Crippen molar-refractivity contribution in [2.24, 2.45) is 0 Å². The quantitative estimate of drug-likeness (QED) is 0.751. The molecule has 0 bridgehead atoms. The molecule has 0 saturated heterocycles. The Morgan fingerprint density at radius 2 is 1.91 bits per heavy atom. The van der Waals surface area contributed by atoms with Gasteiger partial charge in [0.15, 0.2) is 0 Å². The zero-order valence-electron chi connectivity index (χ0n) is 13.8. The molecule has 2 rings (SSSR count). The van der Waals surface area contributed by atoms with Crippen LogP contribution in [0.1, 0.15) is 29.5 Å². The SMILES string of the molecule is Cc1ccc(Cl)cc1NC(=O)CCCOc1cccc(C)c1C. The minimum Gasteiger partial charge on any atom is -0.493 e. The average Bonchev–Trinajstić information content (AvgIpc) is 2.51. The third-order valence-electron chi connectivity index (χ3n) is 3.83. The summed E-state index contributed by atoms with van der Waals surface area (Å²) >= 11 is 5.95. The Hall–Kier alpha value is -2.00. The van der Waals surface area contributed by atoms with E-state index in [1.54, 1.807) is 6.07 Å². The second kappa shape index (κ2) is 8.02. The molecule has 2 aromatic rings. The lowest BCUT2D eigenvalue weighted by Crippen LogP contribution is -2.13. The number of nitrogens with one attached hydrogen (secondary N) is 1. The molecule has 1 N–H and O–H groups in total. The molecule has 0 saturated carbocycles. The summed E-state index contributed by atoms with van der Waals surface area (Å²) in [6.45, 7) is 6.56. The molecule has 1 amide bonds. The third-order valence-corrected chi connectivity index (χ3v) is 4.07. The molecule has 0 aliphatic carbocycles. The van der Waals surface area contributed by atoms with Gasteiger partial charge >= 0.3 is 0 Å². The summed E-state index contributed by atoms with van der Waals surface area (Å²) in [7, 11) is 0. The topological polar surface area (TPSA) is 38.3 Å². The van der Waals surface area contributed by atoms with Crippen molar-refractivity contribution in [3.63, 3.8) is 0 Å². The molecule has 0 heterocycles. The number of halogens is 1. The van der Waals surface area contributed by atoms with Gasteiger partial charge in [0.25, 0.3) is 0 Å². The van der Waals surface area contributed by atoms with Crippen LogP contribution < -0.4 is 10.1 Å².